The molecule has 0 radical (unpaired) electrons. The number of hydrogen-bond donors (Lipinski definition) is 2. The van der Waals surface area contributed by atoms with E-state index in [1.54, 1.807) is 0 Å². The molecule has 0 bridgehead atoms. The lowest BCUT2D eigenvalue weighted by Crippen LogP contribution is -2.23. The summed E-state index contributed by atoms with van der Waals surface area (Å²) < 4.78 is 51.9. The van der Waals surface area contributed by atoms with Crippen LogP contribution < -0.4 is 5.32 Å². The first-order valence-electron chi connectivity index (χ1n) is 7.16. The highest BCUT2D eigenvalue weighted by molar-refractivity contribution is 6.48. The second-order valence-corrected chi connectivity index (χ2v) is 5.78. The molecular formula is C17H9ClF4N2O2. The number of rotatable bonds is 3. The number of aromatic amines is 1. The second kappa shape index (κ2) is 6.45. The average molecular weight is 385 g/mol. The Labute approximate surface area is 148 Å². The van der Waals surface area contributed by atoms with Gasteiger partial charge in [0.25, 0.3) is 11.7 Å². The predicted octanol–water partition coefficient (Wildman–Crippen LogP) is 4.80. The Morgan fingerprint density at radius 2 is 1.81 bits per heavy atom. The van der Waals surface area contributed by atoms with Gasteiger partial charge in [0.15, 0.2) is 0 Å². The van der Waals surface area contributed by atoms with Crippen molar-refractivity contribution in [1.29, 1.82) is 0 Å². The minimum atomic E-state index is -4.71. The maximum Gasteiger partial charge on any atom is 0.417 e. The number of anilines is 1. The number of H-pyrrole nitrogens is 1. The summed E-state index contributed by atoms with van der Waals surface area (Å²) in [6.45, 7) is 0. The van der Waals surface area contributed by atoms with Crippen LogP contribution in [-0.4, -0.2) is 16.7 Å². The zero-order valence-corrected chi connectivity index (χ0v) is 13.5. The monoisotopic (exact) mass is 384 g/mol. The fourth-order valence-electron chi connectivity index (χ4n) is 2.41. The highest BCUT2D eigenvalue weighted by Gasteiger charge is 2.33. The van der Waals surface area contributed by atoms with Gasteiger partial charge >= 0.3 is 6.18 Å². The number of fused-ring (bicyclic) bond motifs is 1. The molecule has 4 nitrogen and oxygen atoms in total. The molecule has 0 fully saturated rings. The molecule has 1 aromatic heterocycles. The molecule has 0 atom stereocenters. The molecule has 2 N–H and O–H groups in total. The fraction of sp³-hybridized carbons (Fsp3) is 0.0588. The summed E-state index contributed by atoms with van der Waals surface area (Å²) in [5, 5.41) is 1.75. The van der Waals surface area contributed by atoms with Gasteiger partial charge in [-0.25, -0.2) is 4.39 Å². The van der Waals surface area contributed by atoms with E-state index in [4.69, 9.17) is 11.6 Å². The van der Waals surface area contributed by atoms with Gasteiger partial charge in [-0.2, -0.15) is 13.2 Å². The van der Waals surface area contributed by atoms with Gasteiger partial charge in [-0.05, 0) is 36.4 Å². The van der Waals surface area contributed by atoms with E-state index in [2.05, 4.69) is 10.3 Å². The standard InChI is InChI=1S/C17H9ClF4N2O2/c18-13-3-2-9(6-12(13)17(20,21)22)24-16(26)15(25)11-7-23-14-4-1-8(19)5-10(11)14/h1-7,23H,(H,24,26). The summed E-state index contributed by atoms with van der Waals surface area (Å²) in [6, 6.07) is 6.38. The van der Waals surface area contributed by atoms with Gasteiger partial charge in [-0.1, -0.05) is 11.6 Å². The van der Waals surface area contributed by atoms with Gasteiger partial charge in [0, 0.05) is 22.8 Å². The molecule has 0 saturated carbocycles. The molecule has 3 aromatic rings. The van der Waals surface area contributed by atoms with E-state index in [1.165, 1.54) is 18.3 Å². The number of carbonyl (C=O) groups is 2. The number of ketones is 1. The number of benzene rings is 2. The summed E-state index contributed by atoms with van der Waals surface area (Å²) in [4.78, 5) is 27.1. The van der Waals surface area contributed by atoms with Crippen LogP contribution in [0, 0.1) is 5.82 Å². The van der Waals surface area contributed by atoms with Gasteiger partial charge in [0.2, 0.25) is 0 Å². The average Bonchev–Trinajstić information content (AvgIpc) is 2.97. The Kier molecular flexibility index (Phi) is 4.45. The van der Waals surface area contributed by atoms with Gasteiger partial charge in [0.05, 0.1) is 16.1 Å². The molecular weight excluding hydrogens is 376 g/mol. The molecule has 9 heteroatoms. The third kappa shape index (κ3) is 3.41. The van der Waals surface area contributed by atoms with Crippen molar-refractivity contribution in [1.82, 2.24) is 4.98 Å². The number of halogens is 5. The lowest BCUT2D eigenvalue weighted by atomic mass is 10.1. The van der Waals surface area contributed by atoms with Gasteiger partial charge in [-0.15, -0.1) is 0 Å². The van der Waals surface area contributed by atoms with Crippen LogP contribution in [0.15, 0.2) is 42.6 Å². The summed E-state index contributed by atoms with van der Waals surface area (Å²) in [6.07, 6.45) is -3.48. The van der Waals surface area contributed by atoms with Crippen molar-refractivity contribution in [2.24, 2.45) is 0 Å². The van der Waals surface area contributed by atoms with E-state index in [0.717, 1.165) is 18.2 Å². The van der Waals surface area contributed by atoms with Crippen LogP contribution in [-0.2, 0) is 11.0 Å². The van der Waals surface area contributed by atoms with E-state index in [0.29, 0.717) is 11.6 Å². The quantitative estimate of drug-likeness (QED) is 0.387. The van der Waals surface area contributed by atoms with Crippen LogP contribution in [0.3, 0.4) is 0 Å². The van der Waals surface area contributed by atoms with Crippen molar-refractivity contribution in [3.05, 3.63) is 64.6 Å². The largest absolute Gasteiger partial charge is 0.417 e. The van der Waals surface area contributed by atoms with Crippen LogP contribution in [0.5, 0.6) is 0 Å². The first-order chi connectivity index (χ1) is 12.2. The lowest BCUT2D eigenvalue weighted by Gasteiger charge is -2.11. The van der Waals surface area contributed by atoms with Crippen LogP contribution in [0.2, 0.25) is 5.02 Å². The van der Waals surface area contributed by atoms with Gasteiger partial charge in [-0.3, -0.25) is 9.59 Å². The third-order valence-electron chi connectivity index (χ3n) is 3.62. The van der Waals surface area contributed by atoms with Crippen LogP contribution in [0.1, 0.15) is 15.9 Å². The third-order valence-corrected chi connectivity index (χ3v) is 3.95. The van der Waals surface area contributed by atoms with E-state index in [9.17, 15) is 27.2 Å². The molecule has 0 aliphatic heterocycles. The summed E-state index contributed by atoms with van der Waals surface area (Å²) in [5.41, 5.74) is -1.04. The van der Waals surface area contributed by atoms with Crippen molar-refractivity contribution in [2.75, 3.05) is 5.32 Å². The Morgan fingerprint density at radius 3 is 2.50 bits per heavy atom. The highest BCUT2D eigenvalue weighted by atomic mass is 35.5. The Bertz CT molecular complexity index is 1030. The molecule has 26 heavy (non-hydrogen) atoms. The van der Waals surface area contributed by atoms with E-state index < -0.39 is 34.3 Å². The normalized spacial score (nSPS) is 11.6. The molecule has 0 spiro atoms. The molecule has 1 heterocycles. The fourth-order valence-corrected chi connectivity index (χ4v) is 2.64. The number of aromatic nitrogens is 1. The zero-order valence-electron chi connectivity index (χ0n) is 12.7. The predicted molar refractivity (Wildman–Crippen MR) is 87.7 cm³/mol. The Hall–Kier alpha value is -2.87. The van der Waals surface area contributed by atoms with E-state index >= 15 is 0 Å². The number of carbonyl (C=O) groups excluding carboxylic acids is 2. The zero-order chi connectivity index (χ0) is 19.1. The van der Waals surface area contributed by atoms with Crippen molar-refractivity contribution < 1.29 is 27.2 Å². The van der Waals surface area contributed by atoms with Crippen molar-refractivity contribution >= 4 is 39.9 Å². The minimum absolute atomic E-state index is 0.0954. The van der Waals surface area contributed by atoms with Crippen molar-refractivity contribution in [3.63, 3.8) is 0 Å². The molecule has 3 rings (SSSR count). The van der Waals surface area contributed by atoms with Crippen LogP contribution >= 0.6 is 11.6 Å². The van der Waals surface area contributed by atoms with E-state index in [1.807, 2.05) is 0 Å². The minimum Gasteiger partial charge on any atom is -0.360 e. The van der Waals surface area contributed by atoms with E-state index in [-0.39, 0.29) is 16.6 Å². The second-order valence-electron chi connectivity index (χ2n) is 5.37. The summed E-state index contributed by atoms with van der Waals surface area (Å²) in [7, 11) is 0. The number of Topliss-reactive ketones (excluding diaryl/α,β-unsaturated/α-hetero) is 1. The molecule has 0 aliphatic carbocycles. The molecule has 0 unspecified atom stereocenters. The summed E-state index contributed by atoms with van der Waals surface area (Å²) in [5.74, 6) is -2.78. The number of hydrogen-bond acceptors (Lipinski definition) is 2. The Balaban J connectivity index is 1.88. The highest BCUT2D eigenvalue weighted by Crippen LogP contribution is 2.36. The summed E-state index contributed by atoms with van der Waals surface area (Å²) >= 11 is 5.50. The van der Waals surface area contributed by atoms with Crippen LogP contribution in [0.4, 0.5) is 23.2 Å². The maximum absolute atomic E-state index is 13.4. The van der Waals surface area contributed by atoms with Gasteiger partial charge < -0.3 is 10.3 Å². The topological polar surface area (TPSA) is 62.0 Å². The maximum atomic E-state index is 13.4. The molecule has 0 aliphatic rings. The lowest BCUT2D eigenvalue weighted by molar-refractivity contribution is -0.137. The first kappa shape index (κ1) is 17.9. The van der Waals surface area contributed by atoms with Gasteiger partial charge in [0.1, 0.15) is 5.82 Å². The Morgan fingerprint density at radius 1 is 1.08 bits per heavy atom. The molecule has 134 valence electrons. The number of nitrogens with one attached hydrogen (secondary N) is 2. The SMILES string of the molecule is O=C(Nc1ccc(Cl)c(C(F)(F)F)c1)C(=O)c1c[nH]c2ccc(F)cc12. The van der Waals surface area contributed by atoms with Crippen molar-refractivity contribution in [2.45, 2.75) is 6.18 Å². The number of amides is 1. The smallest absolute Gasteiger partial charge is 0.360 e. The van der Waals surface area contributed by atoms with Crippen LogP contribution in [0.25, 0.3) is 10.9 Å². The first-order valence-corrected chi connectivity index (χ1v) is 7.53. The van der Waals surface area contributed by atoms with Crippen molar-refractivity contribution in [3.8, 4) is 0 Å². The molecule has 0 saturated heterocycles. The molecule has 1 amide bonds. The molecule has 2 aromatic carbocycles. The number of alkyl halides is 3.